The van der Waals surface area contributed by atoms with Gasteiger partial charge < -0.3 is 9.63 Å². The summed E-state index contributed by atoms with van der Waals surface area (Å²) in [7, 11) is 0. The van der Waals surface area contributed by atoms with E-state index in [9.17, 15) is 5.11 Å². The number of phenolic OH excluding ortho intramolecular Hbond substituents is 1. The van der Waals surface area contributed by atoms with Crippen LogP contribution in [-0.4, -0.2) is 20.2 Å². The Labute approximate surface area is 109 Å². The third-order valence-corrected chi connectivity index (χ3v) is 2.81. The minimum atomic E-state index is 0.248. The lowest BCUT2D eigenvalue weighted by molar-refractivity contribution is 0.432. The van der Waals surface area contributed by atoms with Crippen molar-refractivity contribution in [3.05, 3.63) is 48.3 Å². The van der Waals surface area contributed by atoms with E-state index in [2.05, 4.69) is 15.1 Å². The van der Waals surface area contributed by atoms with Crippen molar-refractivity contribution in [2.45, 2.75) is 6.92 Å². The lowest BCUT2D eigenvalue weighted by Crippen LogP contribution is -1.82. The zero-order valence-electron chi connectivity index (χ0n) is 10.2. The van der Waals surface area contributed by atoms with E-state index in [1.54, 1.807) is 30.6 Å². The van der Waals surface area contributed by atoms with Gasteiger partial charge >= 0.3 is 0 Å². The molecule has 2 aromatic heterocycles. The quantitative estimate of drug-likeness (QED) is 0.760. The van der Waals surface area contributed by atoms with E-state index in [0.29, 0.717) is 11.7 Å². The molecule has 3 aromatic rings. The summed E-state index contributed by atoms with van der Waals surface area (Å²) < 4.78 is 5.24. The summed E-state index contributed by atoms with van der Waals surface area (Å²) >= 11 is 0. The molecule has 1 aromatic carbocycles. The highest BCUT2D eigenvalue weighted by Crippen LogP contribution is 2.25. The summed E-state index contributed by atoms with van der Waals surface area (Å²) in [5, 5.41) is 13.4. The number of rotatable bonds is 2. The maximum Gasteiger partial charge on any atom is 0.258 e. The number of aryl methyl sites for hydroxylation is 1. The SMILES string of the molecule is Cc1cc(-c2nc(-c3ccncc3)no2)ccc1O. The van der Waals surface area contributed by atoms with Crippen LogP contribution in [0.15, 0.2) is 47.2 Å². The topological polar surface area (TPSA) is 72.0 Å². The van der Waals surface area contributed by atoms with Crippen molar-refractivity contribution in [3.63, 3.8) is 0 Å². The predicted molar refractivity (Wildman–Crippen MR) is 69.4 cm³/mol. The van der Waals surface area contributed by atoms with E-state index in [1.807, 2.05) is 19.1 Å². The zero-order valence-corrected chi connectivity index (χ0v) is 10.2. The van der Waals surface area contributed by atoms with Crippen LogP contribution in [0, 0.1) is 6.92 Å². The molecule has 3 rings (SSSR count). The highest BCUT2D eigenvalue weighted by Gasteiger charge is 2.11. The molecular formula is C14H11N3O2. The van der Waals surface area contributed by atoms with E-state index >= 15 is 0 Å². The smallest absolute Gasteiger partial charge is 0.258 e. The van der Waals surface area contributed by atoms with Gasteiger partial charge in [0.1, 0.15) is 5.75 Å². The van der Waals surface area contributed by atoms with Crippen molar-refractivity contribution in [3.8, 4) is 28.6 Å². The van der Waals surface area contributed by atoms with Gasteiger partial charge in [-0.25, -0.2) is 0 Å². The first kappa shape index (κ1) is 11.4. The van der Waals surface area contributed by atoms with Crippen LogP contribution >= 0.6 is 0 Å². The van der Waals surface area contributed by atoms with Crippen molar-refractivity contribution in [1.29, 1.82) is 0 Å². The Hall–Kier alpha value is -2.69. The standard InChI is InChI=1S/C14H11N3O2/c1-9-8-11(2-3-12(9)18)14-16-13(17-19-14)10-4-6-15-7-5-10/h2-8,18H,1H3. The number of aromatic hydroxyl groups is 1. The molecule has 0 bridgehead atoms. The van der Waals surface area contributed by atoms with Gasteiger partial charge in [-0.3, -0.25) is 4.98 Å². The summed E-state index contributed by atoms with van der Waals surface area (Å²) in [6, 6.07) is 8.79. The molecule has 0 atom stereocenters. The first-order chi connectivity index (χ1) is 9.24. The summed E-state index contributed by atoms with van der Waals surface area (Å²) in [5.41, 5.74) is 2.39. The fourth-order valence-electron chi connectivity index (χ4n) is 1.75. The fourth-order valence-corrected chi connectivity index (χ4v) is 1.75. The summed E-state index contributed by atoms with van der Waals surface area (Å²) in [4.78, 5) is 8.28. The van der Waals surface area contributed by atoms with Crippen LogP contribution in [0.25, 0.3) is 22.8 Å². The molecule has 0 saturated heterocycles. The van der Waals surface area contributed by atoms with Gasteiger partial charge in [-0.15, -0.1) is 0 Å². The highest BCUT2D eigenvalue weighted by atomic mass is 16.5. The monoisotopic (exact) mass is 253 g/mol. The molecule has 0 saturated carbocycles. The van der Waals surface area contributed by atoms with Crippen LogP contribution in [0.5, 0.6) is 5.75 Å². The molecule has 1 N–H and O–H groups in total. The lowest BCUT2D eigenvalue weighted by atomic mass is 10.1. The molecule has 94 valence electrons. The number of aromatic nitrogens is 3. The Morgan fingerprint density at radius 2 is 1.84 bits per heavy atom. The van der Waals surface area contributed by atoms with Crippen LogP contribution in [0.1, 0.15) is 5.56 Å². The van der Waals surface area contributed by atoms with Gasteiger partial charge in [0.15, 0.2) is 0 Å². The Balaban J connectivity index is 1.99. The van der Waals surface area contributed by atoms with Crippen molar-refractivity contribution >= 4 is 0 Å². The molecule has 2 heterocycles. The number of benzene rings is 1. The van der Waals surface area contributed by atoms with E-state index in [4.69, 9.17) is 4.52 Å². The van der Waals surface area contributed by atoms with Gasteiger partial charge in [-0.1, -0.05) is 5.16 Å². The number of nitrogens with zero attached hydrogens (tertiary/aromatic N) is 3. The van der Waals surface area contributed by atoms with Crippen molar-refractivity contribution in [2.75, 3.05) is 0 Å². The fraction of sp³-hybridized carbons (Fsp3) is 0.0714. The molecule has 0 aliphatic rings. The first-order valence-corrected chi connectivity index (χ1v) is 5.78. The third kappa shape index (κ3) is 2.18. The van der Waals surface area contributed by atoms with Crippen LogP contribution in [0.4, 0.5) is 0 Å². The van der Waals surface area contributed by atoms with E-state index in [-0.39, 0.29) is 5.75 Å². The van der Waals surface area contributed by atoms with Crippen molar-refractivity contribution < 1.29 is 9.63 Å². The van der Waals surface area contributed by atoms with Gasteiger partial charge in [0, 0.05) is 23.5 Å². The Morgan fingerprint density at radius 1 is 1.05 bits per heavy atom. The second-order valence-electron chi connectivity index (χ2n) is 4.16. The number of phenols is 1. The first-order valence-electron chi connectivity index (χ1n) is 5.78. The Morgan fingerprint density at radius 3 is 2.58 bits per heavy atom. The molecular weight excluding hydrogens is 242 g/mol. The number of pyridine rings is 1. The average Bonchev–Trinajstić information content (AvgIpc) is 2.93. The van der Waals surface area contributed by atoms with Gasteiger partial charge in [-0.2, -0.15) is 4.98 Å². The van der Waals surface area contributed by atoms with Gasteiger partial charge in [0.2, 0.25) is 5.82 Å². The maximum atomic E-state index is 9.50. The minimum Gasteiger partial charge on any atom is -0.508 e. The maximum absolute atomic E-state index is 9.50. The summed E-state index contributed by atoms with van der Waals surface area (Å²) in [5.74, 6) is 1.19. The Bertz CT molecular complexity index is 708. The molecule has 0 radical (unpaired) electrons. The van der Waals surface area contributed by atoms with E-state index < -0.39 is 0 Å². The molecule has 0 unspecified atom stereocenters. The molecule has 0 fully saturated rings. The summed E-state index contributed by atoms with van der Waals surface area (Å²) in [6.45, 7) is 1.82. The van der Waals surface area contributed by atoms with Crippen LogP contribution < -0.4 is 0 Å². The van der Waals surface area contributed by atoms with Gasteiger partial charge in [0.05, 0.1) is 0 Å². The van der Waals surface area contributed by atoms with Gasteiger partial charge in [-0.05, 0) is 42.8 Å². The number of hydrogen-bond donors (Lipinski definition) is 1. The van der Waals surface area contributed by atoms with Crippen LogP contribution in [-0.2, 0) is 0 Å². The largest absolute Gasteiger partial charge is 0.508 e. The van der Waals surface area contributed by atoms with Crippen LogP contribution in [0.2, 0.25) is 0 Å². The zero-order chi connectivity index (χ0) is 13.2. The second kappa shape index (κ2) is 4.53. The predicted octanol–water partition coefficient (Wildman–Crippen LogP) is 2.81. The molecule has 0 aliphatic carbocycles. The van der Waals surface area contributed by atoms with E-state index in [1.165, 1.54) is 0 Å². The van der Waals surface area contributed by atoms with Crippen LogP contribution in [0.3, 0.4) is 0 Å². The molecule has 0 aliphatic heterocycles. The average molecular weight is 253 g/mol. The molecule has 5 heteroatoms. The highest BCUT2D eigenvalue weighted by molar-refractivity contribution is 5.60. The third-order valence-electron chi connectivity index (χ3n) is 2.81. The molecule has 19 heavy (non-hydrogen) atoms. The van der Waals surface area contributed by atoms with Crippen molar-refractivity contribution in [2.24, 2.45) is 0 Å². The summed E-state index contributed by atoms with van der Waals surface area (Å²) in [6.07, 6.45) is 3.35. The minimum absolute atomic E-state index is 0.248. The normalized spacial score (nSPS) is 10.6. The molecule has 0 spiro atoms. The number of hydrogen-bond acceptors (Lipinski definition) is 5. The van der Waals surface area contributed by atoms with E-state index in [0.717, 1.165) is 16.7 Å². The Kier molecular flexibility index (Phi) is 2.72. The van der Waals surface area contributed by atoms with Crippen molar-refractivity contribution in [1.82, 2.24) is 15.1 Å². The lowest BCUT2D eigenvalue weighted by Gasteiger charge is -1.99. The molecule has 5 nitrogen and oxygen atoms in total. The molecule has 0 amide bonds. The van der Waals surface area contributed by atoms with Gasteiger partial charge in [0.25, 0.3) is 5.89 Å². The second-order valence-corrected chi connectivity index (χ2v) is 4.16.